The molecule has 0 aromatic heterocycles. The summed E-state index contributed by atoms with van der Waals surface area (Å²) in [5, 5.41) is 8.88. The van der Waals surface area contributed by atoms with Crippen molar-refractivity contribution in [3.05, 3.63) is 0 Å². The van der Waals surface area contributed by atoms with Crippen LogP contribution in [-0.4, -0.2) is 34.6 Å². The minimum Gasteiger partial charge on any atom is -0.481 e. The number of carbonyl (C=O) groups is 1. The molecule has 1 fully saturated rings. The lowest BCUT2D eigenvalue weighted by atomic mass is 9.96. The zero-order valence-corrected chi connectivity index (χ0v) is 9.91. The maximum absolute atomic E-state index is 10.8. The van der Waals surface area contributed by atoms with E-state index in [-0.39, 0.29) is 6.04 Å². The Hall–Kier alpha value is -0.570. The van der Waals surface area contributed by atoms with Gasteiger partial charge in [0.05, 0.1) is 6.42 Å². The third kappa shape index (κ3) is 3.49. The van der Waals surface area contributed by atoms with Crippen molar-refractivity contribution in [3.63, 3.8) is 0 Å². The molecule has 0 aromatic rings. The molecule has 1 aliphatic heterocycles. The maximum Gasteiger partial charge on any atom is 0.304 e. The number of rotatable bonds is 5. The highest BCUT2D eigenvalue weighted by Gasteiger charge is 2.27. The predicted octanol–water partition coefficient (Wildman–Crippen LogP) is 2.50. The van der Waals surface area contributed by atoms with Gasteiger partial charge in [0.2, 0.25) is 0 Å². The predicted molar refractivity (Wildman–Crippen MR) is 61.0 cm³/mol. The molecule has 88 valence electrons. The van der Waals surface area contributed by atoms with E-state index >= 15 is 0 Å². The van der Waals surface area contributed by atoms with Crippen molar-refractivity contribution in [1.29, 1.82) is 0 Å². The summed E-state index contributed by atoms with van der Waals surface area (Å²) >= 11 is 0. The fraction of sp³-hybridized carbons (Fsp3) is 0.917. The van der Waals surface area contributed by atoms with Gasteiger partial charge >= 0.3 is 5.97 Å². The molecule has 0 spiro atoms. The van der Waals surface area contributed by atoms with E-state index in [0.29, 0.717) is 12.5 Å². The molecule has 0 saturated carbocycles. The molecule has 1 rings (SSSR count). The van der Waals surface area contributed by atoms with E-state index in [1.165, 1.54) is 19.3 Å². The fourth-order valence-electron chi connectivity index (χ4n) is 2.64. The Morgan fingerprint density at radius 2 is 2.20 bits per heavy atom. The molecule has 0 amide bonds. The van der Waals surface area contributed by atoms with Crippen LogP contribution >= 0.6 is 0 Å². The number of hydrogen-bond donors (Lipinski definition) is 1. The largest absolute Gasteiger partial charge is 0.481 e. The first-order valence-corrected chi connectivity index (χ1v) is 6.16. The molecule has 3 nitrogen and oxygen atoms in total. The lowest BCUT2D eigenvalue weighted by Crippen LogP contribution is -2.46. The summed E-state index contributed by atoms with van der Waals surface area (Å²) in [7, 11) is 0. The van der Waals surface area contributed by atoms with Crippen LogP contribution in [0.5, 0.6) is 0 Å². The van der Waals surface area contributed by atoms with Gasteiger partial charge in [0.1, 0.15) is 0 Å². The van der Waals surface area contributed by atoms with Crippen LogP contribution in [0.1, 0.15) is 52.4 Å². The molecule has 1 aliphatic rings. The Morgan fingerprint density at radius 1 is 1.47 bits per heavy atom. The Morgan fingerprint density at radius 3 is 2.73 bits per heavy atom. The topological polar surface area (TPSA) is 40.5 Å². The zero-order valence-electron chi connectivity index (χ0n) is 9.91. The van der Waals surface area contributed by atoms with E-state index in [1.54, 1.807) is 0 Å². The molecule has 1 heterocycles. The van der Waals surface area contributed by atoms with Crippen molar-refractivity contribution in [2.45, 2.75) is 64.5 Å². The minimum absolute atomic E-state index is 0.243. The summed E-state index contributed by atoms with van der Waals surface area (Å²) in [4.78, 5) is 13.2. The van der Waals surface area contributed by atoms with Gasteiger partial charge in [-0.15, -0.1) is 0 Å². The van der Waals surface area contributed by atoms with Gasteiger partial charge in [-0.25, -0.2) is 0 Å². The first-order valence-electron chi connectivity index (χ1n) is 6.16. The van der Waals surface area contributed by atoms with Crippen molar-refractivity contribution >= 4 is 5.97 Å². The first kappa shape index (κ1) is 12.5. The van der Waals surface area contributed by atoms with E-state index in [0.717, 1.165) is 19.4 Å². The number of carboxylic acids is 1. The molecule has 15 heavy (non-hydrogen) atoms. The number of hydrogen-bond acceptors (Lipinski definition) is 2. The Bertz CT molecular complexity index is 206. The van der Waals surface area contributed by atoms with Crippen LogP contribution in [0, 0.1) is 0 Å². The van der Waals surface area contributed by atoms with Crippen molar-refractivity contribution in [2.24, 2.45) is 0 Å². The molecular formula is C12H23NO2. The molecule has 1 saturated heterocycles. The van der Waals surface area contributed by atoms with Crippen molar-refractivity contribution in [2.75, 3.05) is 6.54 Å². The normalized spacial score (nSPS) is 25.1. The van der Waals surface area contributed by atoms with Gasteiger partial charge in [0.25, 0.3) is 0 Å². The van der Waals surface area contributed by atoms with E-state index in [4.69, 9.17) is 5.11 Å². The smallest absolute Gasteiger partial charge is 0.304 e. The van der Waals surface area contributed by atoms with Gasteiger partial charge in [-0.1, -0.05) is 20.3 Å². The quantitative estimate of drug-likeness (QED) is 0.763. The molecular weight excluding hydrogens is 190 g/mol. The fourth-order valence-corrected chi connectivity index (χ4v) is 2.64. The highest BCUT2D eigenvalue weighted by atomic mass is 16.4. The van der Waals surface area contributed by atoms with Crippen LogP contribution in [0.15, 0.2) is 0 Å². The highest BCUT2D eigenvalue weighted by molar-refractivity contribution is 5.67. The van der Waals surface area contributed by atoms with E-state index in [2.05, 4.69) is 18.7 Å². The molecule has 2 unspecified atom stereocenters. The number of carboxylic acid groups (broad SMARTS) is 1. The summed E-state index contributed by atoms with van der Waals surface area (Å²) < 4.78 is 0. The molecule has 0 aromatic carbocycles. The van der Waals surface area contributed by atoms with Gasteiger partial charge in [-0.05, 0) is 32.2 Å². The summed E-state index contributed by atoms with van der Waals surface area (Å²) in [5.74, 6) is -0.665. The van der Waals surface area contributed by atoms with Crippen molar-refractivity contribution < 1.29 is 9.90 Å². The number of likely N-dealkylation sites (tertiary alicyclic amines) is 1. The third-order valence-electron chi connectivity index (χ3n) is 3.49. The van der Waals surface area contributed by atoms with Gasteiger partial charge in [-0.3, -0.25) is 9.69 Å². The summed E-state index contributed by atoms with van der Waals surface area (Å²) in [6.45, 7) is 5.38. The molecule has 1 N–H and O–H groups in total. The minimum atomic E-state index is -0.665. The first-order chi connectivity index (χ1) is 7.19. The average molecular weight is 213 g/mol. The van der Waals surface area contributed by atoms with Crippen LogP contribution in [0.3, 0.4) is 0 Å². The highest BCUT2D eigenvalue weighted by Crippen LogP contribution is 2.24. The maximum atomic E-state index is 10.8. The molecule has 0 aliphatic carbocycles. The van der Waals surface area contributed by atoms with Gasteiger partial charge in [0, 0.05) is 12.1 Å². The zero-order chi connectivity index (χ0) is 11.3. The summed E-state index contributed by atoms with van der Waals surface area (Å²) in [6.07, 6.45) is 6.17. The lowest BCUT2D eigenvalue weighted by Gasteiger charge is -2.40. The summed E-state index contributed by atoms with van der Waals surface area (Å²) in [6, 6.07) is 0.857. The van der Waals surface area contributed by atoms with Crippen LogP contribution in [0.4, 0.5) is 0 Å². The second-order valence-corrected chi connectivity index (χ2v) is 4.46. The van der Waals surface area contributed by atoms with Crippen molar-refractivity contribution in [1.82, 2.24) is 4.90 Å². The van der Waals surface area contributed by atoms with E-state index in [1.807, 2.05) is 0 Å². The van der Waals surface area contributed by atoms with Gasteiger partial charge < -0.3 is 5.11 Å². The number of aliphatic carboxylic acids is 1. The van der Waals surface area contributed by atoms with Crippen LogP contribution in [-0.2, 0) is 4.79 Å². The number of piperidine rings is 1. The molecule has 0 bridgehead atoms. The Labute approximate surface area is 92.5 Å². The number of nitrogens with zero attached hydrogens (tertiary/aromatic N) is 1. The lowest BCUT2D eigenvalue weighted by molar-refractivity contribution is -0.138. The van der Waals surface area contributed by atoms with E-state index in [9.17, 15) is 4.79 Å². The standard InChI is InChI=1S/C12H23NO2/c1-3-10-7-5-6-8-13(10)11(4-2)9-12(14)15/h10-11H,3-9H2,1-2H3,(H,14,15). The monoisotopic (exact) mass is 213 g/mol. The molecule has 0 radical (unpaired) electrons. The average Bonchev–Trinajstić information content (AvgIpc) is 2.25. The Kier molecular flexibility index (Phi) is 5.09. The second-order valence-electron chi connectivity index (χ2n) is 4.46. The second kappa shape index (κ2) is 6.11. The van der Waals surface area contributed by atoms with Crippen LogP contribution in [0.2, 0.25) is 0 Å². The molecule has 3 heteroatoms. The van der Waals surface area contributed by atoms with Crippen molar-refractivity contribution in [3.8, 4) is 0 Å². The Balaban J connectivity index is 2.58. The van der Waals surface area contributed by atoms with Gasteiger partial charge in [-0.2, -0.15) is 0 Å². The SMILES string of the molecule is CCC1CCCCN1C(CC)CC(=O)O. The van der Waals surface area contributed by atoms with Gasteiger partial charge in [0.15, 0.2) is 0 Å². The van der Waals surface area contributed by atoms with Crippen LogP contribution in [0.25, 0.3) is 0 Å². The van der Waals surface area contributed by atoms with Crippen LogP contribution < -0.4 is 0 Å². The third-order valence-corrected chi connectivity index (χ3v) is 3.49. The molecule has 2 atom stereocenters. The van der Waals surface area contributed by atoms with E-state index < -0.39 is 5.97 Å². The summed E-state index contributed by atoms with van der Waals surface area (Å²) in [5.41, 5.74) is 0.